The molecule has 2 amide bonds. The van der Waals surface area contributed by atoms with Crippen LogP contribution in [0.25, 0.3) is 0 Å². The monoisotopic (exact) mass is 353 g/mol. The molecule has 0 saturated carbocycles. The lowest BCUT2D eigenvalue weighted by molar-refractivity contribution is -0.194. The Morgan fingerprint density at radius 2 is 2.12 bits per heavy atom. The fraction of sp³-hybridized carbons (Fsp3) is 0.438. The van der Waals surface area contributed by atoms with Gasteiger partial charge in [-0.2, -0.15) is 14.0 Å². The lowest BCUT2D eigenvalue weighted by Gasteiger charge is -2.36. The number of nitrogens with zero attached hydrogens (tertiary/aromatic N) is 2. The Hall–Kier alpha value is -2.89. The molecule has 0 radical (unpaired) electrons. The Morgan fingerprint density at radius 1 is 1.44 bits per heavy atom. The van der Waals surface area contributed by atoms with Crippen LogP contribution < -0.4 is 10.1 Å². The fourth-order valence-electron chi connectivity index (χ4n) is 2.62. The molecule has 0 aliphatic carbocycles. The van der Waals surface area contributed by atoms with Gasteiger partial charge in [-0.05, 0) is 24.5 Å². The summed E-state index contributed by atoms with van der Waals surface area (Å²) < 4.78 is 32.6. The first-order chi connectivity index (χ1) is 11.7. The molecule has 25 heavy (non-hydrogen) atoms. The van der Waals surface area contributed by atoms with Gasteiger partial charge in [0, 0.05) is 19.1 Å². The van der Waals surface area contributed by atoms with Crippen LogP contribution in [0.15, 0.2) is 24.3 Å². The Morgan fingerprint density at radius 3 is 2.72 bits per heavy atom. The van der Waals surface area contributed by atoms with Crippen LogP contribution >= 0.6 is 0 Å². The number of nitrogens with one attached hydrogen (secondary N) is 1. The maximum absolute atomic E-state index is 14.1. The molecular formula is C16H17F2N3O4. The van der Waals surface area contributed by atoms with Gasteiger partial charge in [0.25, 0.3) is 0 Å². The normalized spacial score (nSPS) is 20.5. The van der Waals surface area contributed by atoms with Crippen molar-refractivity contribution in [1.82, 2.24) is 10.2 Å². The number of halogens is 2. The zero-order valence-electron chi connectivity index (χ0n) is 13.4. The largest absolute Gasteiger partial charge is 0.482 e. The number of carbonyl (C=O) groups is 2. The second-order valence-corrected chi connectivity index (χ2v) is 5.80. The van der Waals surface area contributed by atoms with Crippen molar-refractivity contribution >= 4 is 12.0 Å². The van der Waals surface area contributed by atoms with E-state index >= 15 is 0 Å². The summed E-state index contributed by atoms with van der Waals surface area (Å²) in [5.74, 6) is -2.34. The molecule has 2 atom stereocenters. The van der Waals surface area contributed by atoms with E-state index in [2.05, 4.69) is 10.1 Å². The van der Waals surface area contributed by atoms with Crippen LogP contribution in [-0.2, 0) is 4.79 Å². The zero-order chi connectivity index (χ0) is 18.6. The number of alkyl halides is 2. The third-order valence-electron chi connectivity index (χ3n) is 4.00. The van der Waals surface area contributed by atoms with E-state index in [-0.39, 0.29) is 36.7 Å². The molecule has 7 nitrogen and oxygen atoms in total. The number of rotatable bonds is 4. The van der Waals surface area contributed by atoms with E-state index in [9.17, 15) is 18.4 Å². The summed E-state index contributed by atoms with van der Waals surface area (Å²) in [6, 6.07) is 6.49. The minimum absolute atomic E-state index is 0.113. The molecule has 134 valence electrons. The lowest BCUT2D eigenvalue weighted by Crippen LogP contribution is -2.55. The smallest absolute Gasteiger partial charge is 0.465 e. The van der Waals surface area contributed by atoms with Crippen LogP contribution in [0, 0.1) is 17.2 Å². The molecule has 1 saturated heterocycles. The molecule has 0 unspecified atom stereocenters. The molecule has 1 aromatic carbocycles. The minimum Gasteiger partial charge on any atom is -0.465 e. The van der Waals surface area contributed by atoms with Gasteiger partial charge in [0.1, 0.15) is 11.8 Å². The Kier molecular flexibility index (Phi) is 5.41. The third kappa shape index (κ3) is 4.35. The van der Waals surface area contributed by atoms with Crippen LogP contribution in [-0.4, -0.2) is 47.2 Å². The summed E-state index contributed by atoms with van der Waals surface area (Å²) in [5.41, 5.74) is -0.113. The zero-order valence-corrected chi connectivity index (χ0v) is 13.4. The first-order valence-electron chi connectivity index (χ1n) is 7.59. The van der Waals surface area contributed by atoms with E-state index in [0.29, 0.717) is 0 Å². The topological polar surface area (TPSA) is 103 Å². The van der Waals surface area contributed by atoms with Crippen molar-refractivity contribution in [2.24, 2.45) is 5.92 Å². The van der Waals surface area contributed by atoms with Crippen molar-refractivity contribution in [2.75, 3.05) is 13.1 Å². The van der Waals surface area contributed by atoms with Gasteiger partial charge in [-0.1, -0.05) is 19.1 Å². The predicted octanol–water partition coefficient (Wildman–Crippen LogP) is 2.03. The summed E-state index contributed by atoms with van der Waals surface area (Å²) >= 11 is 0. The number of benzene rings is 1. The molecule has 1 heterocycles. The van der Waals surface area contributed by atoms with Crippen LogP contribution in [0.4, 0.5) is 13.6 Å². The van der Waals surface area contributed by atoms with Crippen LogP contribution in [0.5, 0.6) is 5.75 Å². The number of amides is 2. The summed E-state index contributed by atoms with van der Waals surface area (Å²) in [7, 11) is 0. The third-order valence-corrected chi connectivity index (χ3v) is 4.00. The number of nitriles is 1. The molecule has 0 bridgehead atoms. The van der Waals surface area contributed by atoms with Crippen molar-refractivity contribution in [3.8, 4) is 11.8 Å². The van der Waals surface area contributed by atoms with E-state index in [0.717, 1.165) is 0 Å². The standard InChI is InChI=1S/C16H17F2N3O4/c1-10-9-21(15(23)24)7-6-12(10)20-14(22)16(17,18)25-13-5-3-2-4-11(13)8-19/h2-5,10,12H,6-7,9H2,1H3,(H,20,22)(H,23,24)/t10-,12-/m0/s1. The van der Waals surface area contributed by atoms with Crippen LogP contribution in [0.3, 0.4) is 0 Å². The van der Waals surface area contributed by atoms with E-state index < -0.39 is 24.2 Å². The quantitative estimate of drug-likeness (QED) is 0.862. The number of ether oxygens (including phenoxy) is 1. The number of hydrogen-bond acceptors (Lipinski definition) is 4. The number of hydrogen-bond donors (Lipinski definition) is 2. The highest BCUT2D eigenvalue weighted by Gasteiger charge is 2.44. The van der Waals surface area contributed by atoms with Crippen molar-refractivity contribution in [2.45, 2.75) is 25.5 Å². The maximum atomic E-state index is 14.1. The van der Waals surface area contributed by atoms with Gasteiger partial charge in [-0.25, -0.2) is 4.79 Å². The van der Waals surface area contributed by atoms with Crippen molar-refractivity contribution in [3.05, 3.63) is 29.8 Å². The number of para-hydroxylation sites is 1. The number of piperidine rings is 1. The van der Waals surface area contributed by atoms with Gasteiger partial charge in [0.05, 0.1) is 5.56 Å². The average Bonchev–Trinajstić information content (AvgIpc) is 2.56. The molecular weight excluding hydrogens is 336 g/mol. The van der Waals surface area contributed by atoms with E-state index in [1.165, 1.54) is 29.2 Å². The highest BCUT2D eigenvalue weighted by Crippen LogP contribution is 2.26. The van der Waals surface area contributed by atoms with Gasteiger partial charge in [-0.15, -0.1) is 0 Å². The second kappa shape index (κ2) is 7.34. The number of likely N-dealkylation sites (tertiary alicyclic amines) is 1. The van der Waals surface area contributed by atoms with Crippen molar-refractivity contribution in [1.29, 1.82) is 5.26 Å². The SMILES string of the molecule is C[C@H]1CN(C(=O)O)CC[C@@H]1NC(=O)C(F)(F)Oc1ccccc1C#N. The highest BCUT2D eigenvalue weighted by atomic mass is 19.3. The summed E-state index contributed by atoms with van der Waals surface area (Å²) in [6.45, 7) is 1.96. The number of carbonyl (C=O) groups excluding carboxylic acids is 1. The van der Waals surface area contributed by atoms with E-state index in [1.54, 1.807) is 13.0 Å². The first kappa shape index (κ1) is 18.4. The Bertz CT molecular complexity index is 705. The first-order valence-corrected chi connectivity index (χ1v) is 7.59. The van der Waals surface area contributed by atoms with Gasteiger partial charge in [0.15, 0.2) is 0 Å². The van der Waals surface area contributed by atoms with Gasteiger partial charge in [0.2, 0.25) is 0 Å². The minimum atomic E-state index is -4.16. The molecule has 1 fully saturated rings. The summed E-state index contributed by atoms with van der Waals surface area (Å²) in [4.78, 5) is 24.0. The van der Waals surface area contributed by atoms with Gasteiger partial charge >= 0.3 is 18.1 Å². The second-order valence-electron chi connectivity index (χ2n) is 5.80. The molecule has 0 spiro atoms. The fourth-order valence-corrected chi connectivity index (χ4v) is 2.62. The molecule has 2 N–H and O–H groups in total. The highest BCUT2D eigenvalue weighted by molar-refractivity contribution is 5.82. The Balaban J connectivity index is 2.02. The molecule has 1 aliphatic rings. The molecule has 0 aromatic heterocycles. The molecule has 1 aromatic rings. The Labute approximate surface area is 142 Å². The molecule has 9 heteroatoms. The summed E-state index contributed by atoms with van der Waals surface area (Å²) in [6.07, 6.45) is -5.01. The average molecular weight is 353 g/mol. The van der Waals surface area contributed by atoms with Crippen LogP contribution in [0.1, 0.15) is 18.9 Å². The van der Waals surface area contributed by atoms with E-state index in [4.69, 9.17) is 10.4 Å². The maximum Gasteiger partial charge on any atom is 0.482 e. The molecule has 1 aliphatic heterocycles. The van der Waals surface area contributed by atoms with E-state index in [1.807, 2.05) is 0 Å². The summed E-state index contributed by atoms with van der Waals surface area (Å²) in [5, 5.41) is 20.0. The van der Waals surface area contributed by atoms with Gasteiger partial charge < -0.3 is 20.1 Å². The molecule has 2 rings (SSSR count). The van der Waals surface area contributed by atoms with Crippen LogP contribution in [0.2, 0.25) is 0 Å². The van der Waals surface area contributed by atoms with Crippen molar-refractivity contribution in [3.63, 3.8) is 0 Å². The predicted molar refractivity (Wildman–Crippen MR) is 82.0 cm³/mol. The number of carboxylic acid groups (broad SMARTS) is 1. The lowest BCUT2D eigenvalue weighted by atomic mass is 9.94. The van der Waals surface area contributed by atoms with Gasteiger partial charge in [-0.3, -0.25) is 4.79 Å². The van der Waals surface area contributed by atoms with Crippen molar-refractivity contribution < 1.29 is 28.2 Å².